The smallest absolute Gasteiger partial charge is 0.107 e. The van der Waals surface area contributed by atoms with Gasteiger partial charge in [-0.1, -0.05) is 51.5 Å². The first-order valence-corrected chi connectivity index (χ1v) is 7.82. The zero-order chi connectivity index (χ0) is 13.1. The Hall–Kier alpha value is -1.31. The molecule has 19 heavy (non-hydrogen) atoms. The van der Waals surface area contributed by atoms with Crippen LogP contribution in [0, 0.1) is 5.92 Å². The Morgan fingerprint density at radius 3 is 2.68 bits per heavy atom. The van der Waals surface area contributed by atoms with Crippen molar-refractivity contribution >= 4 is 11.0 Å². The standard InChI is InChI=1S/C17H24N2/c1-2-13-9-10-15-16(11-13)19-17(18-15)12-14-7-5-3-4-6-8-14/h9-11,14H,2-8,12H2,1H3,(H,18,19). The van der Waals surface area contributed by atoms with Crippen molar-refractivity contribution in [2.75, 3.05) is 0 Å². The quantitative estimate of drug-likeness (QED) is 0.796. The maximum absolute atomic E-state index is 4.76. The van der Waals surface area contributed by atoms with Gasteiger partial charge in [0.25, 0.3) is 0 Å². The number of aromatic nitrogens is 2. The third-order valence-corrected chi connectivity index (χ3v) is 4.46. The van der Waals surface area contributed by atoms with Gasteiger partial charge in [-0.25, -0.2) is 4.98 Å². The molecule has 1 saturated carbocycles. The summed E-state index contributed by atoms with van der Waals surface area (Å²) in [6.07, 6.45) is 10.7. The first-order chi connectivity index (χ1) is 9.35. The number of nitrogens with zero attached hydrogens (tertiary/aromatic N) is 1. The number of aromatic amines is 1. The van der Waals surface area contributed by atoms with Crippen LogP contribution in [0.25, 0.3) is 11.0 Å². The van der Waals surface area contributed by atoms with E-state index in [0.29, 0.717) is 0 Å². The van der Waals surface area contributed by atoms with Crippen molar-refractivity contribution in [3.8, 4) is 0 Å². The van der Waals surface area contributed by atoms with E-state index < -0.39 is 0 Å². The van der Waals surface area contributed by atoms with E-state index in [4.69, 9.17) is 4.98 Å². The number of benzene rings is 1. The van der Waals surface area contributed by atoms with Crippen molar-refractivity contribution < 1.29 is 0 Å². The van der Waals surface area contributed by atoms with Gasteiger partial charge in [-0.3, -0.25) is 0 Å². The van der Waals surface area contributed by atoms with Gasteiger partial charge >= 0.3 is 0 Å². The highest BCUT2D eigenvalue weighted by Gasteiger charge is 2.14. The number of rotatable bonds is 3. The average Bonchev–Trinajstić information content (AvgIpc) is 2.64. The van der Waals surface area contributed by atoms with Gasteiger partial charge in [0.2, 0.25) is 0 Å². The second-order valence-electron chi connectivity index (χ2n) is 5.95. The first kappa shape index (κ1) is 12.7. The number of aryl methyl sites for hydroxylation is 1. The average molecular weight is 256 g/mol. The highest BCUT2D eigenvalue weighted by atomic mass is 14.9. The first-order valence-electron chi connectivity index (χ1n) is 7.82. The number of H-pyrrole nitrogens is 1. The van der Waals surface area contributed by atoms with Crippen LogP contribution in [0.5, 0.6) is 0 Å². The molecule has 1 aliphatic rings. The Labute approximate surface area is 115 Å². The predicted molar refractivity (Wildman–Crippen MR) is 80.4 cm³/mol. The Morgan fingerprint density at radius 1 is 1.16 bits per heavy atom. The fraction of sp³-hybridized carbons (Fsp3) is 0.588. The van der Waals surface area contributed by atoms with E-state index >= 15 is 0 Å². The molecule has 0 spiro atoms. The molecule has 1 heterocycles. The van der Waals surface area contributed by atoms with Crippen molar-refractivity contribution in [2.24, 2.45) is 5.92 Å². The van der Waals surface area contributed by atoms with E-state index in [1.807, 2.05) is 0 Å². The Balaban J connectivity index is 1.76. The lowest BCUT2D eigenvalue weighted by molar-refractivity contribution is 0.450. The van der Waals surface area contributed by atoms with E-state index in [0.717, 1.165) is 24.3 Å². The van der Waals surface area contributed by atoms with Crippen LogP contribution in [0.15, 0.2) is 18.2 Å². The van der Waals surface area contributed by atoms with Gasteiger partial charge in [0.05, 0.1) is 11.0 Å². The minimum Gasteiger partial charge on any atom is -0.342 e. The normalized spacial score (nSPS) is 17.7. The third kappa shape index (κ3) is 2.99. The summed E-state index contributed by atoms with van der Waals surface area (Å²) in [5, 5.41) is 0. The maximum Gasteiger partial charge on any atom is 0.107 e. The SMILES string of the molecule is CCc1ccc2nc(CC3CCCCCC3)[nH]c2c1. The zero-order valence-electron chi connectivity index (χ0n) is 11.9. The Bertz CT molecular complexity index is 533. The van der Waals surface area contributed by atoms with Crippen LogP contribution >= 0.6 is 0 Å². The molecule has 0 unspecified atom stereocenters. The minimum atomic E-state index is 0.841. The van der Waals surface area contributed by atoms with Gasteiger partial charge in [0.15, 0.2) is 0 Å². The Morgan fingerprint density at radius 2 is 1.95 bits per heavy atom. The van der Waals surface area contributed by atoms with Crippen LogP contribution < -0.4 is 0 Å². The lowest BCUT2D eigenvalue weighted by Gasteiger charge is -2.11. The summed E-state index contributed by atoms with van der Waals surface area (Å²) < 4.78 is 0. The fourth-order valence-corrected chi connectivity index (χ4v) is 3.27. The van der Waals surface area contributed by atoms with Crippen molar-refractivity contribution in [3.63, 3.8) is 0 Å². The molecule has 2 nitrogen and oxygen atoms in total. The molecule has 2 aromatic rings. The van der Waals surface area contributed by atoms with Crippen LogP contribution in [-0.2, 0) is 12.8 Å². The molecule has 1 aromatic heterocycles. The van der Waals surface area contributed by atoms with Gasteiger partial charge in [-0.2, -0.15) is 0 Å². The maximum atomic E-state index is 4.76. The summed E-state index contributed by atoms with van der Waals surface area (Å²) in [4.78, 5) is 8.28. The minimum absolute atomic E-state index is 0.841. The van der Waals surface area contributed by atoms with E-state index in [1.165, 1.54) is 55.4 Å². The zero-order valence-corrected chi connectivity index (χ0v) is 11.9. The lowest BCUT2D eigenvalue weighted by atomic mass is 9.96. The summed E-state index contributed by atoms with van der Waals surface area (Å²) in [5.41, 5.74) is 3.72. The van der Waals surface area contributed by atoms with Crippen molar-refractivity contribution in [1.29, 1.82) is 0 Å². The number of hydrogen-bond donors (Lipinski definition) is 1. The monoisotopic (exact) mass is 256 g/mol. The summed E-state index contributed by atoms with van der Waals surface area (Å²) in [7, 11) is 0. The molecule has 1 N–H and O–H groups in total. The molecule has 0 amide bonds. The molecule has 1 aliphatic carbocycles. The van der Waals surface area contributed by atoms with Crippen LogP contribution in [0.3, 0.4) is 0 Å². The molecular formula is C17H24N2. The van der Waals surface area contributed by atoms with E-state index in [1.54, 1.807) is 0 Å². The van der Waals surface area contributed by atoms with Crippen molar-refractivity contribution in [1.82, 2.24) is 9.97 Å². The van der Waals surface area contributed by atoms with Crippen LogP contribution in [0.4, 0.5) is 0 Å². The van der Waals surface area contributed by atoms with E-state index in [2.05, 4.69) is 30.1 Å². The number of nitrogens with one attached hydrogen (secondary N) is 1. The number of imidazole rings is 1. The molecule has 1 aromatic carbocycles. The molecule has 2 heteroatoms. The lowest BCUT2D eigenvalue weighted by Crippen LogP contribution is -2.04. The van der Waals surface area contributed by atoms with Gasteiger partial charge < -0.3 is 4.98 Å². The number of hydrogen-bond acceptors (Lipinski definition) is 1. The molecule has 0 saturated heterocycles. The van der Waals surface area contributed by atoms with Gasteiger partial charge in [0, 0.05) is 6.42 Å². The predicted octanol–water partition coefficient (Wildman–Crippen LogP) is 4.64. The van der Waals surface area contributed by atoms with Gasteiger partial charge in [-0.05, 0) is 30.0 Å². The largest absolute Gasteiger partial charge is 0.342 e. The summed E-state index contributed by atoms with van der Waals surface area (Å²) in [6, 6.07) is 6.60. The molecule has 0 radical (unpaired) electrons. The molecular weight excluding hydrogens is 232 g/mol. The molecule has 1 fully saturated rings. The summed E-state index contributed by atoms with van der Waals surface area (Å²) >= 11 is 0. The van der Waals surface area contributed by atoms with Crippen LogP contribution in [0.2, 0.25) is 0 Å². The molecule has 0 bridgehead atoms. The van der Waals surface area contributed by atoms with Gasteiger partial charge in [0.1, 0.15) is 5.82 Å². The highest BCUT2D eigenvalue weighted by molar-refractivity contribution is 5.75. The second-order valence-corrected chi connectivity index (χ2v) is 5.95. The summed E-state index contributed by atoms with van der Waals surface area (Å²) in [6.45, 7) is 2.20. The molecule has 0 aliphatic heterocycles. The van der Waals surface area contributed by atoms with E-state index in [-0.39, 0.29) is 0 Å². The number of fused-ring (bicyclic) bond motifs is 1. The molecule has 102 valence electrons. The van der Waals surface area contributed by atoms with Crippen LogP contribution in [0.1, 0.15) is 56.8 Å². The molecule has 3 rings (SSSR count). The summed E-state index contributed by atoms with van der Waals surface area (Å²) in [5.74, 6) is 2.03. The third-order valence-electron chi connectivity index (χ3n) is 4.46. The van der Waals surface area contributed by atoms with Crippen molar-refractivity contribution in [2.45, 2.75) is 58.3 Å². The fourth-order valence-electron chi connectivity index (χ4n) is 3.27. The highest BCUT2D eigenvalue weighted by Crippen LogP contribution is 2.26. The van der Waals surface area contributed by atoms with Gasteiger partial charge in [-0.15, -0.1) is 0 Å². The van der Waals surface area contributed by atoms with E-state index in [9.17, 15) is 0 Å². The second kappa shape index (κ2) is 5.77. The Kier molecular flexibility index (Phi) is 3.86. The van der Waals surface area contributed by atoms with Crippen molar-refractivity contribution in [3.05, 3.63) is 29.6 Å². The van der Waals surface area contributed by atoms with Crippen LogP contribution in [-0.4, -0.2) is 9.97 Å². The molecule has 0 atom stereocenters. The topological polar surface area (TPSA) is 28.7 Å².